The fourth-order valence-electron chi connectivity index (χ4n) is 5.54. The summed E-state index contributed by atoms with van der Waals surface area (Å²) in [5, 5.41) is 3.30. The number of fused-ring (bicyclic) bond motifs is 2. The fraction of sp³-hybridized carbons (Fsp3) is 0.682. The minimum Gasteiger partial charge on any atom is -0.497 e. The minimum absolute atomic E-state index is 0.0235. The van der Waals surface area contributed by atoms with Gasteiger partial charge < -0.3 is 14.8 Å². The highest BCUT2D eigenvalue weighted by Crippen LogP contribution is 2.39. The number of benzene rings is 1. The predicted molar refractivity (Wildman–Crippen MR) is 106 cm³/mol. The summed E-state index contributed by atoms with van der Waals surface area (Å²) in [6.07, 6.45) is 11.6. The lowest BCUT2D eigenvalue weighted by Crippen LogP contribution is -2.59. The zero-order valence-electron chi connectivity index (χ0n) is 16.6. The van der Waals surface area contributed by atoms with E-state index in [1.165, 1.54) is 44.9 Å². The maximum absolute atomic E-state index is 12.9. The summed E-state index contributed by atoms with van der Waals surface area (Å²) >= 11 is 0. The maximum atomic E-state index is 12.9. The van der Waals surface area contributed by atoms with Crippen LogP contribution >= 0.6 is 0 Å². The summed E-state index contributed by atoms with van der Waals surface area (Å²) in [4.78, 5) is 15.7. The Labute approximate surface area is 162 Å². The maximum Gasteiger partial charge on any atom is 0.251 e. The Kier molecular flexibility index (Phi) is 5.58. The van der Waals surface area contributed by atoms with Crippen molar-refractivity contribution in [3.63, 3.8) is 0 Å². The lowest BCUT2D eigenvalue weighted by molar-refractivity contribution is -0.00807. The van der Waals surface area contributed by atoms with Crippen LogP contribution in [-0.2, 0) is 0 Å². The number of amides is 1. The summed E-state index contributed by atoms with van der Waals surface area (Å²) in [6, 6.07) is 7.71. The van der Waals surface area contributed by atoms with Gasteiger partial charge in [0.05, 0.1) is 14.2 Å². The molecule has 2 unspecified atom stereocenters. The average molecular weight is 373 g/mol. The standard InChI is InChI=1S/C22H32N2O3/c1-26-20-10-15(11-21(14-20)27-2)22(25)23-16-12-18-8-5-9-19(13-16)24(18)17-6-3-4-7-17/h10-11,14,16-19H,3-9,12-13H2,1-2H3,(H,23,25). The first-order valence-electron chi connectivity index (χ1n) is 10.5. The van der Waals surface area contributed by atoms with Gasteiger partial charge in [-0.15, -0.1) is 0 Å². The molecule has 0 radical (unpaired) electrons. The summed E-state index contributed by atoms with van der Waals surface area (Å²) < 4.78 is 10.6. The highest BCUT2D eigenvalue weighted by Gasteiger charge is 2.42. The number of methoxy groups -OCH3 is 2. The lowest BCUT2D eigenvalue weighted by atomic mass is 9.80. The van der Waals surface area contributed by atoms with Crippen molar-refractivity contribution < 1.29 is 14.3 Å². The van der Waals surface area contributed by atoms with Crippen LogP contribution in [0.5, 0.6) is 11.5 Å². The van der Waals surface area contributed by atoms with E-state index in [1.54, 1.807) is 32.4 Å². The SMILES string of the molecule is COc1cc(OC)cc(C(=O)NC2CC3CCCC(C2)N3C2CCCC2)c1. The highest BCUT2D eigenvalue weighted by atomic mass is 16.5. The van der Waals surface area contributed by atoms with Crippen molar-refractivity contribution in [2.45, 2.75) is 82.0 Å². The molecule has 1 aromatic rings. The van der Waals surface area contributed by atoms with Gasteiger partial charge in [0.2, 0.25) is 0 Å². The zero-order valence-corrected chi connectivity index (χ0v) is 16.6. The second-order valence-corrected chi connectivity index (χ2v) is 8.37. The molecule has 3 fully saturated rings. The third-order valence-electron chi connectivity index (χ3n) is 6.73. The van der Waals surface area contributed by atoms with Crippen LogP contribution in [0.15, 0.2) is 18.2 Å². The third-order valence-corrected chi connectivity index (χ3v) is 6.73. The average Bonchev–Trinajstić information content (AvgIpc) is 3.21. The van der Waals surface area contributed by atoms with E-state index in [-0.39, 0.29) is 11.9 Å². The first-order valence-corrected chi connectivity index (χ1v) is 10.5. The van der Waals surface area contributed by atoms with E-state index in [2.05, 4.69) is 10.2 Å². The monoisotopic (exact) mass is 372 g/mol. The Morgan fingerprint density at radius 2 is 1.44 bits per heavy atom. The second-order valence-electron chi connectivity index (χ2n) is 8.37. The largest absolute Gasteiger partial charge is 0.497 e. The van der Waals surface area contributed by atoms with E-state index in [0.717, 1.165) is 18.9 Å². The fourth-order valence-corrected chi connectivity index (χ4v) is 5.54. The molecule has 4 rings (SSSR count). The molecule has 5 nitrogen and oxygen atoms in total. The van der Waals surface area contributed by atoms with E-state index in [1.807, 2.05) is 0 Å². The van der Waals surface area contributed by atoms with Crippen molar-refractivity contribution in [2.75, 3.05) is 14.2 Å². The third kappa shape index (κ3) is 3.93. The van der Waals surface area contributed by atoms with Crippen LogP contribution < -0.4 is 14.8 Å². The molecule has 2 bridgehead atoms. The van der Waals surface area contributed by atoms with Crippen LogP contribution in [0, 0.1) is 0 Å². The molecule has 1 aromatic carbocycles. The number of hydrogen-bond donors (Lipinski definition) is 1. The van der Waals surface area contributed by atoms with E-state index in [9.17, 15) is 4.79 Å². The van der Waals surface area contributed by atoms with Gasteiger partial charge in [0.15, 0.2) is 0 Å². The van der Waals surface area contributed by atoms with Gasteiger partial charge in [0.1, 0.15) is 11.5 Å². The molecule has 0 spiro atoms. The summed E-state index contributed by atoms with van der Waals surface area (Å²) in [5.41, 5.74) is 0.606. The smallest absolute Gasteiger partial charge is 0.251 e. The van der Waals surface area contributed by atoms with Gasteiger partial charge in [0, 0.05) is 35.8 Å². The van der Waals surface area contributed by atoms with Crippen molar-refractivity contribution in [1.29, 1.82) is 0 Å². The first kappa shape index (κ1) is 18.6. The predicted octanol–water partition coefficient (Wildman–Crippen LogP) is 3.76. The van der Waals surface area contributed by atoms with Crippen LogP contribution in [0.3, 0.4) is 0 Å². The molecule has 5 heteroatoms. The van der Waals surface area contributed by atoms with Gasteiger partial charge in [-0.25, -0.2) is 0 Å². The normalized spacial score (nSPS) is 28.7. The van der Waals surface area contributed by atoms with Gasteiger partial charge in [-0.1, -0.05) is 19.3 Å². The number of rotatable bonds is 5. The lowest BCUT2D eigenvalue weighted by Gasteiger charge is -2.51. The van der Waals surface area contributed by atoms with Crippen molar-refractivity contribution >= 4 is 5.91 Å². The Hall–Kier alpha value is -1.75. The van der Waals surface area contributed by atoms with Crippen LogP contribution in [0.25, 0.3) is 0 Å². The summed E-state index contributed by atoms with van der Waals surface area (Å²) in [6.45, 7) is 0. The van der Waals surface area contributed by atoms with Crippen molar-refractivity contribution in [2.24, 2.45) is 0 Å². The van der Waals surface area contributed by atoms with E-state index in [0.29, 0.717) is 29.1 Å². The number of piperidine rings is 2. The molecule has 1 saturated carbocycles. The van der Waals surface area contributed by atoms with Crippen LogP contribution in [0.4, 0.5) is 0 Å². The second kappa shape index (κ2) is 8.09. The quantitative estimate of drug-likeness (QED) is 0.855. The first-order chi connectivity index (χ1) is 13.2. The molecule has 2 atom stereocenters. The Balaban J connectivity index is 1.44. The number of nitrogens with one attached hydrogen (secondary N) is 1. The van der Waals surface area contributed by atoms with E-state index >= 15 is 0 Å². The number of carbonyl (C=O) groups is 1. The van der Waals surface area contributed by atoms with Crippen LogP contribution in [0.1, 0.15) is 68.1 Å². The molecule has 0 aromatic heterocycles. The minimum atomic E-state index is -0.0235. The molecular weight excluding hydrogens is 340 g/mol. The molecule has 27 heavy (non-hydrogen) atoms. The van der Waals surface area contributed by atoms with Gasteiger partial charge in [-0.05, 0) is 50.7 Å². The number of hydrogen-bond acceptors (Lipinski definition) is 4. The van der Waals surface area contributed by atoms with Crippen molar-refractivity contribution in [3.8, 4) is 11.5 Å². The molecule has 2 saturated heterocycles. The molecule has 2 aliphatic heterocycles. The number of carbonyl (C=O) groups excluding carboxylic acids is 1. The Bertz CT molecular complexity index is 635. The Morgan fingerprint density at radius 3 is 2.00 bits per heavy atom. The van der Waals surface area contributed by atoms with Gasteiger partial charge >= 0.3 is 0 Å². The van der Waals surface area contributed by atoms with Gasteiger partial charge in [-0.3, -0.25) is 9.69 Å². The van der Waals surface area contributed by atoms with E-state index in [4.69, 9.17) is 9.47 Å². The van der Waals surface area contributed by atoms with E-state index < -0.39 is 0 Å². The van der Waals surface area contributed by atoms with Gasteiger partial charge in [0.25, 0.3) is 5.91 Å². The van der Waals surface area contributed by atoms with Crippen molar-refractivity contribution in [3.05, 3.63) is 23.8 Å². The Morgan fingerprint density at radius 1 is 0.889 bits per heavy atom. The summed E-state index contributed by atoms with van der Waals surface area (Å²) in [5.74, 6) is 1.27. The number of ether oxygens (including phenoxy) is 2. The molecule has 3 aliphatic rings. The van der Waals surface area contributed by atoms with Crippen LogP contribution in [0.2, 0.25) is 0 Å². The topological polar surface area (TPSA) is 50.8 Å². The molecular formula is C22H32N2O3. The molecule has 1 N–H and O–H groups in total. The van der Waals surface area contributed by atoms with Gasteiger partial charge in [-0.2, -0.15) is 0 Å². The molecule has 148 valence electrons. The zero-order chi connectivity index (χ0) is 18.8. The summed E-state index contributed by atoms with van der Waals surface area (Å²) in [7, 11) is 3.22. The number of nitrogens with zero attached hydrogens (tertiary/aromatic N) is 1. The van der Waals surface area contributed by atoms with Crippen LogP contribution in [-0.4, -0.2) is 49.2 Å². The molecule has 2 heterocycles. The highest BCUT2D eigenvalue weighted by molar-refractivity contribution is 5.95. The molecule has 1 aliphatic carbocycles. The molecule has 1 amide bonds. The van der Waals surface area contributed by atoms with Crippen molar-refractivity contribution in [1.82, 2.24) is 10.2 Å².